The third-order valence-electron chi connectivity index (χ3n) is 3.60. The van der Waals surface area contributed by atoms with Crippen LogP contribution in [0.3, 0.4) is 0 Å². The van der Waals surface area contributed by atoms with Gasteiger partial charge in [-0.05, 0) is 51.0 Å². The quantitative estimate of drug-likeness (QED) is 0.813. The van der Waals surface area contributed by atoms with Crippen LogP contribution in [0.5, 0.6) is 0 Å². The molecule has 26 heavy (non-hydrogen) atoms. The van der Waals surface area contributed by atoms with Crippen LogP contribution in [0.15, 0.2) is 42.6 Å². The standard InChI is InChI=1S/C21H24FN3O/c1-5-7-16-8-6-13-23-18(16)19(24-20(26)25-21(2,3)4)17-11-9-15(14-22)10-12-17/h6,8-13,19H,14H2,1-4H3,(H2,24,25,26)/t19-/m0/s1. The highest BCUT2D eigenvalue weighted by Crippen LogP contribution is 2.24. The van der Waals surface area contributed by atoms with E-state index in [9.17, 15) is 9.18 Å². The number of amides is 2. The minimum atomic E-state index is -0.529. The largest absolute Gasteiger partial charge is 0.334 e. The number of hydrogen-bond acceptors (Lipinski definition) is 2. The molecule has 1 aromatic heterocycles. The van der Waals surface area contributed by atoms with E-state index < -0.39 is 12.7 Å². The number of aromatic nitrogens is 1. The van der Waals surface area contributed by atoms with E-state index in [2.05, 4.69) is 27.5 Å². The van der Waals surface area contributed by atoms with Crippen molar-refractivity contribution < 1.29 is 9.18 Å². The van der Waals surface area contributed by atoms with Gasteiger partial charge in [0, 0.05) is 17.3 Å². The van der Waals surface area contributed by atoms with E-state index in [0.717, 1.165) is 11.1 Å². The van der Waals surface area contributed by atoms with Crippen molar-refractivity contribution in [3.63, 3.8) is 0 Å². The molecule has 0 unspecified atom stereocenters. The monoisotopic (exact) mass is 353 g/mol. The van der Waals surface area contributed by atoms with E-state index >= 15 is 0 Å². The summed E-state index contributed by atoms with van der Waals surface area (Å²) in [5, 5.41) is 5.86. The van der Waals surface area contributed by atoms with Gasteiger partial charge >= 0.3 is 6.03 Å². The molecule has 0 radical (unpaired) electrons. The molecule has 136 valence electrons. The van der Waals surface area contributed by atoms with E-state index in [1.807, 2.05) is 32.9 Å². The van der Waals surface area contributed by atoms with Gasteiger partial charge in [-0.3, -0.25) is 4.98 Å². The van der Waals surface area contributed by atoms with E-state index in [4.69, 9.17) is 0 Å². The molecule has 2 N–H and O–H groups in total. The van der Waals surface area contributed by atoms with Crippen molar-refractivity contribution in [1.29, 1.82) is 0 Å². The summed E-state index contributed by atoms with van der Waals surface area (Å²) in [6, 6.07) is 9.89. The van der Waals surface area contributed by atoms with Gasteiger partial charge in [0.25, 0.3) is 0 Å². The number of alkyl halides is 1. The number of rotatable bonds is 4. The predicted octanol–water partition coefficient (Wildman–Crippen LogP) is 4.11. The molecule has 0 saturated carbocycles. The maximum Gasteiger partial charge on any atom is 0.315 e. The third kappa shape index (κ3) is 5.32. The Kier molecular flexibility index (Phi) is 6.35. The van der Waals surface area contributed by atoms with Crippen LogP contribution >= 0.6 is 0 Å². The van der Waals surface area contributed by atoms with E-state index in [-0.39, 0.29) is 11.6 Å². The number of hydrogen-bond donors (Lipinski definition) is 2. The Morgan fingerprint density at radius 1 is 1.23 bits per heavy atom. The molecular formula is C21H24FN3O. The van der Waals surface area contributed by atoms with Crippen LogP contribution in [0.25, 0.3) is 0 Å². The number of urea groups is 1. The Balaban J connectivity index is 2.44. The molecular weight excluding hydrogens is 329 g/mol. The second kappa shape index (κ2) is 8.48. The minimum absolute atomic E-state index is 0.307. The summed E-state index contributed by atoms with van der Waals surface area (Å²) in [6.07, 6.45) is 1.67. The van der Waals surface area contributed by atoms with Gasteiger partial charge in [0.15, 0.2) is 0 Å². The van der Waals surface area contributed by atoms with Crippen LogP contribution in [0, 0.1) is 11.8 Å². The molecule has 2 aromatic rings. The van der Waals surface area contributed by atoms with Crippen molar-refractivity contribution >= 4 is 6.03 Å². The molecule has 0 saturated heterocycles. The van der Waals surface area contributed by atoms with E-state index in [1.165, 1.54) is 0 Å². The van der Waals surface area contributed by atoms with Gasteiger partial charge in [0.2, 0.25) is 0 Å². The first kappa shape index (κ1) is 19.5. The summed E-state index contributed by atoms with van der Waals surface area (Å²) >= 11 is 0. The topological polar surface area (TPSA) is 54.0 Å². The summed E-state index contributed by atoms with van der Waals surface area (Å²) in [6.45, 7) is 6.95. The lowest BCUT2D eigenvalue weighted by atomic mass is 9.98. The Morgan fingerprint density at radius 3 is 2.50 bits per heavy atom. The summed E-state index contributed by atoms with van der Waals surface area (Å²) < 4.78 is 12.8. The zero-order valence-corrected chi connectivity index (χ0v) is 15.6. The molecule has 0 aliphatic carbocycles. The Bertz CT molecular complexity index is 814. The predicted molar refractivity (Wildman–Crippen MR) is 101 cm³/mol. The number of nitrogens with one attached hydrogen (secondary N) is 2. The summed E-state index contributed by atoms with van der Waals surface area (Å²) in [5.41, 5.74) is 2.41. The zero-order valence-electron chi connectivity index (χ0n) is 15.6. The smallest absolute Gasteiger partial charge is 0.315 e. The van der Waals surface area contributed by atoms with Crippen LogP contribution in [-0.2, 0) is 6.67 Å². The fourth-order valence-electron chi connectivity index (χ4n) is 2.50. The second-order valence-electron chi connectivity index (χ2n) is 6.97. The highest BCUT2D eigenvalue weighted by Gasteiger charge is 2.23. The number of pyridine rings is 1. The van der Waals surface area contributed by atoms with Crippen molar-refractivity contribution in [2.45, 2.75) is 46.0 Å². The molecule has 0 fully saturated rings. The number of carbonyl (C=O) groups excluding carboxylic acids is 1. The summed E-state index contributed by atoms with van der Waals surface area (Å²) in [4.78, 5) is 16.9. The lowest BCUT2D eigenvalue weighted by molar-refractivity contribution is 0.229. The van der Waals surface area contributed by atoms with Crippen molar-refractivity contribution in [2.24, 2.45) is 0 Å². The molecule has 0 spiro atoms. The number of benzene rings is 1. The average molecular weight is 353 g/mol. The van der Waals surface area contributed by atoms with E-state index in [1.54, 1.807) is 37.4 Å². The molecule has 1 atom stereocenters. The van der Waals surface area contributed by atoms with Gasteiger partial charge in [-0.25, -0.2) is 9.18 Å². The van der Waals surface area contributed by atoms with Crippen molar-refractivity contribution in [2.75, 3.05) is 0 Å². The molecule has 1 aromatic carbocycles. The Labute approximate surface area is 154 Å². The summed E-state index contributed by atoms with van der Waals surface area (Å²) in [7, 11) is 0. The van der Waals surface area contributed by atoms with Crippen molar-refractivity contribution in [3.05, 3.63) is 65.0 Å². The number of carbonyl (C=O) groups is 1. The van der Waals surface area contributed by atoms with Gasteiger partial charge in [-0.1, -0.05) is 30.2 Å². The van der Waals surface area contributed by atoms with Crippen LogP contribution in [-0.4, -0.2) is 16.6 Å². The lowest BCUT2D eigenvalue weighted by Crippen LogP contribution is -2.47. The normalized spacial score (nSPS) is 11.9. The highest BCUT2D eigenvalue weighted by atomic mass is 19.1. The average Bonchev–Trinajstić information content (AvgIpc) is 2.59. The Hall–Kier alpha value is -2.87. The Morgan fingerprint density at radius 2 is 1.92 bits per heavy atom. The molecule has 4 nitrogen and oxygen atoms in total. The number of nitrogens with zero attached hydrogens (tertiary/aromatic N) is 1. The number of halogens is 1. The SMILES string of the molecule is CC#Cc1cccnc1[C@@H](NC(=O)NC(C)(C)C)c1ccc(CF)cc1. The van der Waals surface area contributed by atoms with Gasteiger partial charge < -0.3 is 10.6 Å². The van der Waals surface area contributed by atoms with Crippen LogP contribution in [0.2, 0.25) is 0 Å². The van der Waals surface area contributed by atoms with Gasteiger partial charge in [-0.15, -0.1) is 5.92 Å². The highest BCUT2D eigenvalue weighted by molar-refractivity contribution is 5.76. The van der Waals surface area contributed by atoms with E-state index in [0.29, 0.717) is 11.3 Å². The molecule has 2 amide bonds. The first-order chi connectivity index (χ1) is 12.3. The molecule has 0 aliphatic rings. The van der Waals surface area contributed by atoms with Gasteiger partial charge in [-0.2, -0.15) is 0 Å². The fourth-order valence-corrected chi connectivity index (χ4v) is 2.50. The minimum Gasteiger partial charge on any atom is -0.334 e. The van der Waals surface area contributed by atoms with Gasteiger partial charge in [0.05, 0.1) is 11.7 Å². The lowest BCUT2D eigenvalue weighted by Gasteiger charge is -2.25. The fraction of sp³-hybridized carbons (Fsp3) is 0.333. The maximum absolute atomic E-state index is 12.8. The summed E-state index contributed by atoms with van der Waals surface area (Å²) in [5.74, 6) is 5.90. The van der Waals surface area contributed by atoms with Crippen LogP contribution in [0.1, 0.15) is 56.1 Å². The molecule has 0 bridgehead atoms. The second-order valence-corrected chi connectivity index (χ2v) is 6.97. The molecule has 5 heteroatoms. The molecule has 1 heterocycles. The zero-order chi connectivity index (χ0) is 19.2. The van der Waals surface area contributed by atoms with Crippen molar-refractivity contribution in [1.82, 2.24) is 15.6 Å². The first-order valence-corrected chi connectivity index (χ1v) is 8.45. The van der Waals surface area contributed by atoms with Gasteiger partial charge in [0.1, 0.15) is 6.67 Å². The van der Waals surface area contributed by atoms with Crippen LogP contribution in [0.4, 0.5) is 9.18 Å². The third-order valence-corrected chi connectivity index (χ3v) is 3.60. The van der Waals surface area contributed by atoms with Crippen molar-refractivity contribution in [3.8, 4) is 11.8 Å². The first-order valence-electron chi connectivity index (χ1n) is 8.45. The molecule has 0 aliphatic heterocycles. The maximum atomic E-state index is 12.8. The van der Waals surface area contributed by atoms with Crippen LogP contribution < -0.4 is 10.6 Å². The molecule has 2 rings (SSSR count).